The van der Waals surface area contributed by atoms with E-state index in [1.165, 1.54) is 0 Å². The second-order valence-corrected chi connectivity index (χ2v) is 6.17. The Balaban J connectivity index is 2.37. The smallest absolute Gasteiger partial charge is 0.221 e. The molecule has 2 rings (SSSR count). The Morgan fingerprint density at radius 3 is 2.80 bits per heavy atom. The molecule has 0 aliphatic rings. The zero-order valence-electron chi connectivity index (χ0n) is 11.7. The van der Waals surface area contributed by atoms with E-state index in [9.17, 15) is 0 Å². The third-order valence-corrected chi connectivity index (χ3v) is 3.70. The predicted molar refractivity (Wildman–Crippen MR) is 84.5 cm³/mol. The number of aromatic nitrogens is 2. The van der Waals surface area contributed by atoms with Crippen LogP contribution in [0.25, 0.3) is 0 Å². The maximum absolute atomic E-state index is 6.19. The largest absolute Gasteiger partial charge is 0.437 e. The lowest BCUT2D eigenvalue weighted by Gasteiger charge is -2.11. The van der Waals surface area contributed by atoms with E-state index in [-0.39, 0.29) is 6.04 Å². The highest BCUT2D eigenvalue weighted by Crippen LogP contribution is 2.34. The first kappa shape index (κ1) is 15.4. The van der Waals surface area contributed by atoms with Gasteiger partial charge in [0.1, 0.15) is 5.75 Å². The van der Waals surface area contributed by atoms with Crippen LogP contribution in [0.3, 0.4) is 0 Å². The van der Waals surface area contributed by atoms with Crippen LogP contribution in [0.4, 0.5) is 0 Å². The first-order chi connectivity index (χ1) is 9.38. The zero-order valence-corrected chi connectivity index (χ0v) is 14.0. The van der Waals surface area contributed by atoms with Crippen LogP contribution in [0.15, 0.2) is 22.7 Å². The molecule has 4 nitrogen and oxygen atoms in total. The summed E-state index contributed by atoms with van der Waals surface area (Å²) in [4.78, 5) is 0. The van der Waals surface area contributed by atoms with Gasteiger partial charge >= 0.3 is 0 Å². The number of aryl methyl sites for hydroxylation is 2. The number of halogens is 2. The summed E-state index contributed by atoms with van der Waals surface area (Å²) in [5.41, 5.74) is 7.83. The lowest BCUT2D eigenvalue weighted by atomic mass is 10.1. The number of nitrogens with two attached hydrogens (primary N) is 1. The molecule has 1 aromatic heterocycles. The van der Waals surface area contributed by atoms with Gasteiger partial charge in [-0.05, 0) is 38.5 Å². The number of hydrogen-bond acceptors (Lipinski definition) is 3. The molecule has 2 aromatic rings. The Hall–Kier alpha value is -1.04. The van der Waals surface area contributed by atoms with Crippen molar-refractivity contribution < 1.29 is 4.74 Å². The Labute approximate surface area is 132 Å². The fraction of sp³-hybridized carbons (Fsp3) is 0.357. The molecule has 0 saturated carbocycles. The number of rotatable bonds is 4. The fourth-order valence-electron chi connectivity index (χ4n) is 2.03. The summed E-state index contributed by atoms with van der Waals surface area (Å²) in [5.74, 6) is 1.29. The van der Waals surface area contributed by atoms with Gasteiger partial charge < -0.3 is 10.5 Å². The van der Waals surface area contributed by atoms with E-state index in [0.717, 1.165) is 15.7 Å². The summed E-state index contributed by atoms with van der Waals surface area (Å²) >= 11 is 9.56. The molecule has 2 N–H and O–H groups in total. The Bertz CT molecular complexity index is 625. The van der Waals surface area contributed by atoms with E-state index in [1.54, 1.807) is 10.7 Å². The lowest BCUT2D eigenvalue weighted by Crippen LogP contribution is -2.18. The molecule has 0 fully saturated rings. The molecule has 0 aliphatic heterocycles. The van der Waals surface area contributed by atoms with E-state index in [1.807, 2.05) is 33.0 Å². The number of hydrogen-bond donors (Lipinski definition) is 1. The minimum atomic E-state index is 0.0423. The summed E-state index contributed by atoms with van der Waals surface area (Å²) in [5, 5.41) is 4.94. The quantitative estimate of drug-likeness (QED) is 0.904. The summed E-state index contributed by atoms with van der Waals surface area (Å²) < 4.78 is 8.56. The van der Waals surface area contributed by atoms with Gasteiger partial charge in [0.15, 0.2) is 0 Å². The average Bonchev–Trinajstić information content (AvgIpc) is 2.58. The van der Waals surface area contributed by atoms with Crippen LogP contribution in [0.2, 0.25) is 5.02 Å². The highest BCUT2D eigenvalue weighted by molar-refractivity contribution is 9.10. The van der Waals surface area contributed by atoms with Crippen molar-refractivity contribution >= 4 is 27.5 Å². The van der Waals surface area contributed by atoms with Crippen LogP contribution in [0.5, 0.6) is 11.6 Å². The zero-order chi connectivity index (χ0) is 14.9. The van der Waals surface area contributed by atoms with E-state index < -0.39 is 0 Å². The van der Waals surface area contributed by atoms with E-state index in [2.05, 4.69) is 21.0 Å². The highest BCUT2D eigenvalue weighted by Gasteiger charge is 2.17. The molecule has 0 bridgehead atoms. The Morgan fingerprint density at radius 2 is 2.20 bits per heavy atom. The monoisotopic (exact) mass is 357 g/mol. The predicted octanol–water partition coefficient (Wildman–Crippen LogP) is 3.83. The first-order valence-electron chi connectivity index (χ1n) is 6.29. The number of ether oxygens (including phenoxy) is 1. The molecule has 20 heavy (non-hydrogen) atoms. The van der Waals surface area contributed by atoms with Crippen molar-refractivity contribution in [2.75, 3.05) is 0 Å². The summed E-state index contributed by atoms with van der Waals surface area (Å²) in [6.45, 7) is 3.91. The standard InChI is InChI=1S/C14H17BrClN3O/c1-8(17)6-11-9(2)18-19(3)14(11)20-13-5-4-10(15)7-12(13)16/h4-5,7-8H,6,17H2,1-3H3. The lowest BCUT2D eigenvalue weighted by molar-refractivity contribution is 0.424. The van der Waals surface area contributed by atoms with Crippen molar-refractivity contribution in [1.82, 2.24) is 9.78 Å². The first-order valence-corrected chi connectivity index (χ1v) is 7.46. The molecule has 108 valence electrons. The van der Waals surface area contributed by atoms with Crippen LogP contribution >= 0.6 is 27.5 Å². The molecule has 0 radical (unpaired) electrons. The third-order valence-electron chi connectivity index (χ3n) is 2.92. The molecule has 0 amide bonds. The van der Waals surface area contributed by atoms with Crippen molar-refractivity contribution in [3.05, 3.63) is 39.0 Å². The highest BCUT2D eigenvalue weighted by atomic mass is 79.9. The van der Waals surface area contributed by atoms with Gasteiger partial charge in [-0.25, -0.2) is 4.68 Å². The van der Waals surface area contributed by atoms with E-state index in [0.29, 0.717) is 23.1 Å². The molecule has 1 atom stereocenters. The van der Waals surface area contributed by atoms with Gasteiger partial charge in [0.05, 0.1) is 10.7 Å². The molecule has 6 heteroatoms. The minimum absolute atomic E-state index is 0.0423. The van der Waals surface area contributed by atoms with Gasteiger partial charge in [-0.3, -0.25) is 0 Å². The molecule has 1 aromatic carbocycles. The summed E-state index contributed by atoms with van der Waals surface area (Å²) in [6, 6.07) is 5.55. The van der Waals surface area contributed by atoms with Gasteiger partial charge in [0.2, 0.25) is 5.88 Å². The minimum Gasteiger partial charge on any atom is -0.437 e. The Morgan fingerprint density at radius 1 is 1.50 bits per heavy atom. The van der Waals surface area contributed by atoms with Crippen molar-refractivity contribution in [1.29, 1.82) is 0 Å². The second-order valence-electron chi connectivity index (χ2n) is 4.85. The maximum atomic E-state index is 6.19. The number of benzene rings is 1. The van der Waals surface area contributed by atoms with Crippen molar-refractivity contribution in [3.63, 3.8) is 0 Å². The molecular formula is C14H17BrClN3O. The van der Waals surface area contributed by atoms with E-state index in [4.69, 9.17) is 22.1 Å². The number of nitrogens with zero attached hydrogens (tertiary/aromatic N) is 2. The van der Waals surface area contributed by atoms with Crippen molar-refractivity contribution in [2.24, 2.45) is 12.8 Å². The van der Waals surface area contributed by atoms with Crippen LogP contribution in [0, 0.1) is 6.92 Å². The van der Waals surface area contributed by atoms with E-state index >= 15 is 0 Å². The maximum Gasteiger partial charge on any atom is 0.221 e. The average molecular weight is 359 g/mol. The van der Waals surface area contributed by atoms with Gasteiger partial charge in [-0.1, -0.05) is 27.5 Å². The van der Waals surface area contributed by atoms with Crippen LogP contribution in [-0.2, 0) is 13.5 Å². The Kier molecular flexibility index (Phi) is 4.73. The molecule has 1 heterocycles. The molecule has 0 spiro atoms. The van der Waals surface area contributed by atoms with Crippen LogP contribution < -0.4 is 10.5 Å². The van der Waals surface area contributed by atoms with Crippen LogP contribution in [-0.4, -0.2) is 15.8 Å². The van der Waals surface area contributed by atoms with Gasteiger partial charge in [0.25, 0.3) is 0 Å². The van der Waals surface area contributed by atoms with Crippen molar-refractivity contribution in [2.45, 2.75) is 26.3 Å². The fourth-order valence-corrected chi connectivity index (χ4v) is 2.74. The topological polar surface area (TPSA) is 53.1 Å². The van der Waals surface area contributed by atoms with Crippen molar-refractivity contribution in [3.8, 4) is 11.6 Å². The summed E-state index contributed by atoms with van der Waals surface area (Å²) in [6.07, 6.45) is 0.711. The normalized spacial score (nSPS) is 12.5. The van der Waals surface area contributed by atoms with Gasteiger partial charge in [0, 0.05) is 23.1 Å². The SMILES string of the molecule is Cc1nn(C)c(Oc2ccc(Br)cc2Cl)c1CC(C)N. The third kappa shape index (κ3) is 3.34. The van der Waals surface area contributed by atoms with Gasteiger partial charge in [-0.15, -0.1) is 0 Å². The second kappa shape index (κ2) is 6.16. The summed E-state index contributed by atoms with van der Waals surface area (Å²) in [7, 11) is 1.85. The molecular weight excluding hydrogens is 342 g/mol. The molecule has 1 unspecified atom stereocenters. The van der Waals surface area contributed by atoms with Crippen LogP contribution in [0.1, 0.15) is 18.2 Å². The molecule has 0 saturated heterocycles. The molecule has 0 aliphatic carbocycles. The van der Waals surface area contributed by atoms with Gasteiger partial charge in [-0.2, -0.15) is 5.10 Å².